The number of rotatable bonds is 12. The number of carboxylic acids is 1. The van der Waals surface area contributed by atoms with Crippen LogP contribution in [0.5, 0.6) is 0 Å². The number of pyridine rings is 2. The van der Waals surface area contributed by atoms with Crippen LogP contribution < -0.4 is 0 Å². The first kappa shape index (κ1) is 41.3. The van der Waals surface area contributed by atoms with Gasteiger partial charge in [0.05, 0.1) is 42.5 Å². The highest BCUT2D eigenvalue weighted by Gasteiger charge is 2.34. The summed E-state index contributed by atoms with van der Waals surface area (Å²) >= 11 is 0. The van der Waals surface area contributed by atoms with E-state index >= 15 is 0 Å². The van der Waals surface area contributed by atoms with Crippen LogP contribution in [0.4, 0.5) is 8.78 Å². The van der Waals surface area contributed by atoms with Crippen molar-refractivity contribution in [3.05, 3.63) is 179 Å². The van der Waals surface area contributed by atoms with Gasteiger partial charge in [0.1, 0.15) is 23.2 Å². The summed E-state index contributed by atoms with van der Waals surface area (Å²) in [5.41, 5.74) is 7.97. The van der Waals surface area contributed by atoms with Gasteiger partial charge in [0.15, 0.2) is 11.2 Å². The Balaban J connectivity index is 0.000000160. The zero-order chi connectivity index (χ0) is 43.5. The number of benzene rings is 4. The van der Waals surface area contributed by atoms with Gasteiger partial charge in [0, 0.05) is 74.3 Å². The van der Waals surface area contributed by atoms with Crippen LogP contribution in [0.3, 0.4) is 0 Å². The summed E-state index contributed by atoms with van der Waals surface area (Å²) in [6.07, 6.45) is 4.84. The Labute approximate surface area is 362 Å². The second kappa shape index (κ2) is 18.1. The summed E-state index contributed by atoms with van der Waals surface area (Å²) in [6, 6.07) is 38.2. The first-order valence-corrected chi connectivity index (χ1v) is 20.8. The molecule has 8 aromatic rings. The lowest BCUT2D eigenvalue weighted by Gasteiger charge is -2.37. The average molecular weight is 847 g/mol. The van der Waals surface area contributed by atoms with E-state index in [9.17, 15) is 18.4 Å². The second-order valence-corrected chi connectivity index (χ2v) is 16.2. The van der Waals surface area contributed by atoms with Crippen molar-refractivity contribution < 1.29 is 37.0 Å². The molecular weight excluding hydrogens is 803 g/mol. The molecule has 12 heteroatoms. The molecule has 10 rings (SSSR count). The normalized spacial score (nSPS) is 14.5. The number of ether oxygens (including phenoxy) is 1. The minimum atomic E-state index is -0.774. The van der Waals surface area contributed by atoms with E-state index in [1.807, 2.05) is 77.7 Å². The topological polar surface area (TPSA) is 122 Å². The second-order valence-electron chi connectivity index (χ2n) is 16.2. The fourth-order valence-corrected chi connectivity index (χ4v) is 8.15. The quantitative estimate of drug-likeness (QED) is 0.119. The Morgan fingerprint density at radius 3 is 1.48 bits per heavy atom. The van der Waals surface area contributed by atoms with Crippen LogP contribution in [0.2, 0.25) is 0 Å². The van der Waals surface area contributed by atoms with Gasteiger partial charge in [-0.3, -0.25) is 29.4 Å². The largest absolute Gasteiger partial charge is 0.481 e. The molecule has 2 fully saturated rings. The number of nitrogens with zero attached hydrogens (tertiary/aromatic N) is 4. The highest BCUT2D eigenvalue weighted by Crippen LogP contribution is 2.33. The van der Waals surface area contributed by atoms with Gasteiger partial charge in [0.2, 0.25) is 0 Å². The van der Waals surface area contributed by atoms with Gasteiger partial charge in [-0.25, -0.2) is 8.78 Å². The third-order valence-corrected chi connectivity index (χ3v) is 11.6. The van der Waals surface area contributed by atoms with Crippen LogP contribution in [-0.2, 0) is 40.3 Å². The number of esters is 1. The average Bonchev–Trinajstić information content (AvgIpc) is 3.88. The Hall–Kier alpha value is -7.02. The maximum Gasteiger partial charge on any atom is 0.311 e. The number of fused-ring (bicyclic) bond motifs is 2. The number of halogens is 2. The number of likely N-dealkylation sites (tertiary alicyclic amines) is 2. The molecular formula is C51H44F2N4O6. The van der Waals surface area contributed by atoms with Gasteiger partial charge in [0.25, 0.3) is 0 Å². The van der Waals surface area contributed by atoms with Gasteiger partial charge < -0.3 is 18.7 Å². The van der Waals surface area contributed by atoms with Crippen molar-refractivity contribution in [2.24, 2.45) is 11.8 Å². The lowest BCUT2D eigenvalue weighted by atomic mass is 9.99. The molecule has 1 N–H and O–H groups in total. The van der Waals surface area contributed by atoms with E-state index < -0.39 is 5.97 Å². The fraction of sp³-hybridized carbons (Fsp3) is 0.216. The number of furan rings is 2. The van der Waals surface area contributed by atoms with Gasteiger partial charge >= 0.3 is 11.9 Å². The Bertz CT molecular complexity index is 2910. The monoisotopic (exact) mass is 846 g/mol. The molecule has 6 heterocycles. The zero-order valence-electron chi connectivity index (χ0n) is 34.5. The summed E-state index contributed by atoms with van der Waals surface area (Å²) in [7, 11) is 1.40. The van der Waals surface area contributed by atoms with Crippen LogP contribution in [-0.4, -0.2) is 70.1 Å². The lowest BCUT2D eigenvalue weighted by Crippen LogP contribution is -2.49. The standard InChI is InChI=1S/C26H23FN2O3.C25H21FN2O3/c1-31-26(30)20-15-29(16-20)14-18-7-8-22(23(27)10-18)24-12-19-11-21(28-13-25(19)32-24)9-17-5-3-2-4-6-17;26-22-9-17(13-28-14-19(15-28)25(29)30)6-7-21(22)23-11-18-10-20(27-12-24(18)31-23)8-16-4-2-1-3-5-16/h2-8,10-13,20H,9,14-16H2,1H3;1-7,9-12,19H,8,13-15H2,(H,29,30). The Morgan fingerprint density at radius 1 is 0.619 bits per heavy atom. The van der Waals surface area contributed by atoms with Gasteiger partial charge in [-0.05, 0) is 70.8 Å². The minimum absolute atomic E-state index is 0.0833. The molecule has 63 heavy (non-hydrogen) atoms. The summed E-state index contributed by atoms with van der Waals surface area (Å²) in [5.74, 6) is -1.10. The summed E-state index contributed by atoms with van der Waals surface area (Å²) in [6.45, 7) is 3.41. The number of carbonyl (C=O) groups is 2. The van der Waals surface area contributed by atoms with Crippen molar-refractivity contribution in [1.29, 1.82) is 0 Å². The first-order chi connectivity index (χ1) is 30.6. The van der Waals surface area contributed by atoms with Crippen LogP contribution in [0, 0.1) is 23.5 Å². The van der Waals surface area contributed by atoms with Crippen molar-refractivity contribution in [3.63, 3.8) is 0 Å². The smallest absolute Gasteiger partial charge is 0.311 e. The van der Waals surface area contributed by atoms with Crippen molar-refractivity contribution in [2.45, 2.75) is 25.9 Å². The van der Waals surface area contributed by atoms with Gasteiger partial charge in [-0.1, -0.05) is 72.8 Å². The van der Waals surface area contributed by atoms with Crippen LogP contribution in [0.1, 0.15) is 33.6 Å². The highest BCUT2D eigenvalue weighted by atomic mass is 19.1. The molecule has 4 aromatic carbocycles. The molecule has 4 aromatic heterocycles. The van der Waals surface area contributed by atoms with E-state index in [4.69, 9.17) is 18.7 Å². The molecule has 318 valence electrons. The van der Waals surface area contributed by atoms with E-state index in [1.165, 1.54) is 30.4 Å². The fourth-order valence-electron chi connectivity index (χ4n) is 8.15. The molecule has 10 nitrogen and oxygen atoms in total. The summed E-state index contributed by atoms with van der Waals surface area (Å²) in [4.78, 5) is 35.5. The number of aliphatic carboxylic acids is 1. The summed E-state index contributed by atoms with van der Waals surface area (Å²) < 4.78 is 46.2. The number of carboxylic acid groups (broad SMARTS) is 1. The summed E-state index contributed by atoms with van der Waals surface area (Å²) in [5, 5.41) is 10.8. The van der Waals surface area contributed by atoms with E-state index in [0.717, 1.165) is 46.1 Å². The molecule has 2 aliphatic rings. The van der Waals surface area contributed by atoms with E-state index in [-0.39, 0.29) is 29.4 Å². The molecule has 2 aliphatic heterocycles. The maximum absolute atomic E-state index is 14.9. The maximum atomic E-state index is 14.9. The predicted molar refractivity (Wildman–Crippen MR) is 234 cm³/mol. The molecule has 0 spiro atoms. The molecule has 0 bridgehead atoms. The Morgan fingerprint density at radius 2 is 1.06 bits per heavy atom. The number of methoxy groups -OCH3 is 1. The lowest BCUT2D eigenvalue weighted by molar-refractivity contribution is -0.151. The number of hydrogen-bond acceptors (Lipinski definition) is 9. The predicted octanol–water partition coefficient (Wildman–Crippen LogP) is 9.57. The van der Waals surface area contributed by atoms with Crippen molar-refractivity contribution >= 4 is 33.9 Å². The number of aromatic nitrogens is 2. The SMILES string of the molecule is COC(=O)C1CN(Cc2ccc(-c3cc4cc(Cc5ccccc5)ncc4o3)c(F)c2)C1.O=C(O)C1CN(Cc2ccc(-c3cc4cc(Cc5ccccc5)ncc4o3)c(F)c2)C1. The molecule has 2 saturated heterocycles. The molecule has 0 aliphatic carbocycles. The van der Waals surface area contributed by atoms with E-state index in [1.54, 1.807) is 24.5 Å². The number of hydrogen-bond donors (Lipinski definition) is 1. The third-order valence-electron chi connectivity index (χ3n) is 11.6. The molecule has 0 amide bonds. The number of carbonyl (C=O) groups excluding carboxylic acids is 1. The van der Waals surface area contributed by atoms with Crippen LogP contribution in [0.25, 0.3) is 44.6 Å². The van der Waals surface area contributed by atoms with E-state index in [2.05, 4.69) is 39.1 Å². The Kier molecular flexibility index (Phi) is 11.9. The third kappa shape index (κ3) is 9.57. The minimum Gasteiger partial charge on any atom is -0.481 e. The van der Waals surface area contributed by atoms with Crippen LogP contribution in [0.15, 0.2) is 143 Å². The van der Waals surface area contributed by atoms with E-state index in [0.29, 0.717) is 73.1 Å². The molecule has 0 atom stereocenters. The van der Waals surface area contributed by atoms with Gasteiger partial charge in [-0.2, -0.15) is 0 Å². The zero-order valence-corrected chi connectivity index (χ0v) is 34.5. The first-order valence-electron chi connectivity index (χ1n) is 20.8. The molecule has 0 radical (unpaired) electrons. The van der Waals surface area contributed by atoms with Crippen molar-refractivity contribution in [3.8, 4) is 22.6 Å². The van der Waals surface area contributed by atoms with Crippen LogP contribution >= 0.6 is 0 Å². The molecule has 0 saturated carbocycles. The van der Waals surface area contributed by atoms with Crippen molar-refractivity contribution in [2.75, 3.05) is 33.3 Å². The molecule has 0 unspecified atom stereocenters. The highest BCUT2D eigenvalue weighted by molar-refractivity contribution is 5.84. The van der Waals surface area contributed by atoms with Gasteiger partial charge in [-0.15, -0.1) is 0 Å². The van der Waals surface area contributed by atoms with Crippen molar-refractivity contribution in [1.82, 2.24) is 19.8 Å².